The zero-order valence-electron chi connectivity index (χ0n) is 8.26. The van der Waals surface area contributed by atoms with Gasteiger partial charge in [0.05, 0.1) is 0 Å². The minimum absolute atomic E-state index is 0.422. The molecule has 1 aromatic carbocycles. The van der Waals surface area contributed by atoms with E-state index in [1.807, 2.05) is 26.0 Å². The Hall–Kier alpha value is -0.500. The maximum atomic E-state index is 9.55. The number of halogens is 1. The Balaban J connectivity index is 2.99. The zero-order valence-corrected chi connectivity index (χ0v) is 9.85. The van der Waals surface area contributed by atoms with Crippen molar-refractivity contribution in [3.05, 3.63) is 28.8 Å². The van der Waals surface area contributed by atoms with Crippen molar-refractivity contribution in [2.75, 3.05) is 0 Å². The average Bonchev–Trinajstić information content (AvgIpc) is 1.98. The third kappa shape index (κ3) is 2.73. The molecule has 0 aliphatic carbocycles. The molecule has 0 bridgehead atoms. The van der Waals surface area contributed by atoms with Crippen LogP contribution in [-0.2, 0) is 6.42 Å². The van der Waals surface area contributed by atoms with Gasteiger partial charge in [-0.3, -0.25) is 0 Å². The highest BCUT2D eigenvalue weighted by Gasteiger charge is 2.05. The fraction of sp³-hybridized carbons (Fsp3) is 0.455. The lowest BCUT2D eigenvalue weighted by atomic mass is 10.0. The van der Waals surface area contributed by atoms with Gasteiger partial charge in [0.2, 0.25) is 0 Å². The molecule has 0 saturated carbocycles. The molecule has 1 aromatic rings. The number of aryl methyl sites for hydroxylation is 2. The molecule has 0 fully saturated rings. The van der Waals surface area contributed by atoms with E-state index >= 15 is 0 Å². The van der Waals surface area contributed by atoms with Crippen LogP contribution in [0.5, 0.6) is 5.75 Å². The van der Waals surface area contributed by atoms with Crippen molar-refractivity contribution in [1.82, 2.24) is 0 Å². The topological polar surface area (TPSA) is 20.2 Å². The van der Waals surface area contributed by atoms with Gasteiger partial charge in [0, 0.05) is 4.83 Å². The molecule has 1 atom stereocenters. The number of rotatable bonds is 2. The molecular formula is C11H15BrO. The molecule has 0 heterocycles. The van der Waals surface area contributed by atoms with Gasteiger partial charge in [-0.2, -0.15) is 0 Å². The highest BCUT2D eigenvalue weighted by molar-refractivity contribution is 9.09. The average molecular weight is 243 g/mol. The normalized spacial score (nSPS) is 12.9. The first-order chi connectivity index (χ1) is 6.00. The molecule has 0 spiro atoms. The van der Waals surface area contributed by atoms with E-state index in [0.717, 1.165) is 17.5 Å². The molecular weight excluding hydrogens is 228 g/mol. The van der Waals surface area contributed by atoms with E-state index in [1.54, 1.807) is 0 Å². The van der Waals surface area contributed by atoms with Crippen LogP contribution in [0.4, 0.5) is 0 Å². The van der Waals surface area contributed by atoms with Crippen molar-refractivity contribution in [2.24, 2.45) is 0 Å². The lowest BCUT2D eigenvalue weighted by Gasteiger charge is -2.08. The molecule has 0 saturated heterocycles. The second-order valence-electron chi connectivity index (χ2n) is 3.56. The summed E-state index contributed by atoms with van der Waals surface area (Å²) >= 11 is 3.52. The highest BCUT2D eigenvalue weighted by Crippen LogP contribution is 2.24. The second-order valence-corrected chi connectivity index (χ2v) is 5.13. The van der Waals surface area contributed by atoms with Gasteiger partial charge < -0.3 is 5.11 Å². The smallest absolute Gasteiger partial charge is 0.121 e. The number of aromatic hydroxyl groups is 1. The van der Waals surface area contributed by atoms with E-state index in [-0.39, 0.29) is 0 Å². The summed E-state index contributed by atoms with van der Waals surface area (Å²) in [5.74, 6) is 0.422. The van der Waals surface area contributed by atoms with Crippen LogP contribution in [0.2, 0.25) is 0 Å². The Morgan fingerprint density at radius 3 is 2.15 bits per heavy atom. The van der Waals surface area contributed by atoms with Crippen LogP contribution in [0.3, 0.4) is 0 Å². The summed E-state index contributed by atoms with van der Waals surface area (Å²) in [6.07, 6.45) is 1.00. The van der Waals surface area contributed by atoms with Gasteiger partial charge >= 0.3 is 0 Å². The fourth-order valence-electron chi connectivity index (χ4n) is 1.49. The number of alkyl halides is 1. The van der Waals surface area contributed by atoms with Crippen molar-refractivity contribution in [3.8, 4) is 5.75 Å². The second kappa shape index (κ2) is 4.14. The van der Waals surface area contributed by atoms with Crippen LogP contribution >= 0.6 is 15.9 Å². The van der Waals surface area contributed by atoms with Crippen molar-refractivity contribution in [1.29, 1.82) is 0 Å². The Morgan fingerprint density at radius 1 is 1.31 bits per heavy atom. The first kappa shape index (κ1) is 10.6. The largest absolute Gasteiger partial charge is 0.507 e. The summed E-state index contributed by atoms with van der Waals surface area (Å²) in [6.45, 7) is 5.99. The van der Waals surface area contributed by atoms with Crippen molar-refractivity contribution < 1.29 is 5.11 Å². The summed E-state index contributed by atoms with van der Waals surface area (Å²) in [4.78, 5) is 0.482. The fourth-order valence-corrected chi connectivity index (χ4v) is 1.86. The summed E-state index contributed by atoms with van der Waals surface area (Å²) in [6, 6.07) is 4.08. The van der Waals surface area contributed by atoms with Gasteiger partial charge in [0.1, 0.15) is 5.75 Å². The number of phenolic OH excluding ortho intramolecular Hbond substituents is 1. The quantitative estimate of drug-likeness (QED) is 0.790. The molecule has 2 heteroatoms. The monoisotopic (exact) mass is 242 g/mol. The first-order valence-corrected chi connectivity index (χ1v) is 5.35. The van der Waals surface area contributed by atoms with Gasteiger partial charge in [0.15, 0.2) is 0 Å². The maximum Gasteiger partial charge on any atom is 0.121 e. The predicted octanol–water partition coefficient (Wildman–Crippen LogP) is 3.33. The molecule has 0 amide bonds. The Bertz CT molecular complexity index is 282. The minimum Gasteiger partial charge on any atom is -0.507 e. The van der Waals surface area contributed by atoms with E-state index < -0.39 is 0 Å². The molecule has 0 aromatic heterocycles. The standard InChI is InChI=1S/C11H15BrO/c1-7-4-10(6-9(3)12)5-8(2)11(7)13/h4-5,9,13H,6H2,1-3H3. The number of phenols is 1. The van der Waals surface area contributed by atoms with E-state index in [0.29, 0.717) is 10.6 Å². The molecule has 1 unspecified atom stereocenters. The third-order valence-electron chi connectivity index (χ3n) is 2.07. The van der Waals surface area contributed by atoms with E-state index in [9.17, 15) is 5.11 Å². The van der Waals surface area contributed by atoms with E-state index in [4.69, 9.17) is 0 Å². The van der Waals surface area contributed by atoms with Gasteiger partial charge in [-0.1, -0.05) is 35.0 Å². The molecule has 13 heavy (non-hydrogen) atoms. The minimum atomic E-state index is 0.422. The van der Waals surface area contributed by atoms with Gasteiger partial charge in [-0.05, 0) is 37.0 Å². The Morgan fingerprint density at radius 2 is 1.77 bits per heavy atom. The van der Waals surface area contributed by atoms with Gasteiger partial charge in [-0.25, -0.2) is 0 Å². The number of hydrogen-bond donors (Lipinski definition) is 1. The van der Waals surface area contributed by atoms with E-state index in [2.05, 4.69) is 22.9 Å². The van der Waals surface area contributed by atoms with Crippen LogP contribution < -0.4 is 0 Å². The van der Waals surface area contributed by atoms with Crippen molar-refractivity contribution in [2.45, 2.75) is 32.0 Å². The molecule has 1 nitrogen and oxygen atoms in total. The van der Waals surface area contributed by atoms with Crippen LogP contribution in [0.15, 0.2) is 12.1 Å². The first-order valence-electron chi connectivity index (χ1n) is 4.44. The predicted molar refractivity (Wildman–Crippen MR) is 59.7 cm³/mol. The van der Waals surface area contributed by atoms with Crippen LogP contribution in [0, 0.1) is 13.8 Å². The highest BCUT2D eigenvalue weighted by atomic mass is 79.9. The molecule has 0 aliphatic rings. The third-order valence-corrected chi connectivity index (χ3v) is 2.39. The molecule has 72 valence electrons. The Kier molecular flexibility index (Phi) is 3.37. The van der Waals surface area contributed by atoms with Crippen molar-refractivity contribution in [3.63, 3.8) is 0 Å². The summed E-state index contributed by atoms with van der Waals surface area (Å²) in [5, 5.41) is 9.55. The number of hydrogen-bond acceptors (Lipinski definition) is 1. The van der Waals surface area contributed by atoms with Gasteiger partial charge in [0.25, 0.3) is 0 Å². The molecule has 0 radical (unpaired) electrons. The van der Waals surface area contributed by atoms with Gasteiger partial charge in [-0.15, -0.1) is 0 Å². The number of benzene rings is 1. The maximum absolute atomic E-state index is 9.55. The summed E-state index contributed by atoms with van der Waals surface area (Å²) in [5.41, 5.74) is 3.20. The van der Waals surface area contributed by atoms with Crippen LogP contribution in [0.1, 0.15) is 23.6 Å². The van der Waals surface area contributed by atoms with Crippen LogP contribution in [-0.4, -0.2) is 9.93 Å². The SMILES string of the molecule is Cc1cc(CC(C)Br)cc(C)c1O. The Labute approximate surface area is 87.9 Å². The zero-order chi connectivity index (χ0) is 10.0. The summed E-state index contributed by atoms with van der Waals surface area (Å²) < 4.78 is 0. The van der Waals surface area contributed by atoms with E-state index in [1.165, 1.54) is 5.56 Å². The van der Waals surface area contributed by atoms with Crippen LogP contribution in [0.25, 0.3) is 0 Å². The van der Waals surface area contributed by atoms with Crippen molar-refractivity contribution >= 4 is 15.9 Å². The lowest BCUT2D eigenvalue weighted by Crippen LogP contribution is -1.97. The lowest BCUT2D eigenvalue weighted by molar-refractivity contribution is 0.466. The summed E-state index contributed by atoms with van der Waals surface area (Å²) in [7, 11) is 0. The molecule has 0 aliphatic heterocycles. The molecule has 1 rings (SSSR count). The molecule has 1 N–H and O–H groups in total.